The van der Waals surface area contributed by atoms with E-state index < -0.39 is 48.0 Å². The van der Waals surface area contributed by atoms with Crippen molar-refractivity contribution in [2.75, 3.05) is 0 Å². The number of rotatable bonds is 0. The summed E-state index contributed by atoms with van der Waals surface area (Å²) < 4.78 is 16.3. The topological polar surface area (TPSA) is 106 Å². The number of ether oxygens (including phenoxy) is 3. The zero-order chi connectivity index (χ0) is 15.8. The first-order valence-electron chi connectivity index (χ1n) is 7.49. The van der Waals surface area contributed by atoms with Gasteiger partial charge in [0.25, 0.3) is 0 Å². The van der Waals surface area contributed by atoms with Crippen molar-refractivity contribution in [1.82, 2.24) is 0 Å². The van der Waals surface area contributed by atoms with E-state index in [0.717, 1.165) is 0 Å². The Morgan fingerprint density at radius 1 is 1.27 bits per heavy atom. The van der Waals surface area contributed by atoms with Crippen LogP contribution >= 0.6 is 0 Å². The molecule has 2 fully saturated rings. The number of fused-ring (bicyclic) bond motifs is 4. The summed E-state index contributed by atoms with van der Waals surface area (Å²) >= 11 is 0. The van der Waals surface area contributed by atoms with Crippen molar-refractivity contribution >= 4 is 11.9 Å². The van der Waals surface area contributed by atoms with Gasteiger partial charge in [0.15, 0.2) is 0 Å². The monoisotopic (exact) mass is 310 g/mol. The van der Waals surface area contributed by atoms with Crippen LogP contribution in [0.3, 0.4) is 0 Å². The molecule has 0 aromatic heterocycles. The van der Waals surface area contributed by atoms with E-state index in [9.17, 15) is 19.8 Å². The SMILES string of the molecule is CC1C(=O)OC2CC3(C)OC3C(O)C(O)C3=CC(OC3=O)C21. The molecule has 8 atom stereocenters. The highest BCUT2D eigenvalue weighted by Crippen LogP contribution is 2.49. The van der Waals surface area contributed by atoms with Crippen LogP contribution in [0.5, 0.6) is 0 Å². The number of carbonyl (C=O) groups is 2. The molecule has 0 aromatic rings. The Labute approximate surface area is 126 Å². The molecule has 0 spiro atoms. The van der Waals surface area contributed by atoms with Crippen molar-refractivity contribution in [3.05, 3.63) is 11.6 Å². The van der Waals surface area contributed by atoms with Crippen molar-refractivity contribution in [3.8, 4) is 0 Å². The van der Waals surface area contributed by atoms with E-state index in [0.29, 0.717) is 6.42 Å². The molecule has 2 saturated heterocycles. The highest BCUT2D eigenvalue weighted by Gasteiger charge is 2.63. The van der Waals surface area contributed by atoms with E-state index in [2.05, 4.69) is 0 Å². The molecule has 1 aliphatic carbocycles. The maximum atomic E-state index is 12.0. The maximum absolute atomic E-state index is 12.0. The van der Waals surface area contributed by atoms with Gasteiger partial charge in [-0.1, -0.05) is 6.92 Å². The summed E-state index contributed by atoms with van der Waals surface area (Å²) in [5.74, 6) is -1.70. The van der Waals surface area contributed by atoms with Crippen LogP contribution in [0.2, 0.25) is 0 Å². The average Bonchev–Trinajstić information content (AvgIpc) is 2.83. The Bertz CT molecular complexity index is 584. The van der Waals surface area contributed by atoms with E-state index in [-0.39, 0.29) is 17.5 Å². The second kappa shape index (κ2) is 4.31. The van der Waals surface area contributed by atoms with Gasteiger partial charge in [0.2, 0.25) is 0 Å². The quantitative estimate of drug-likeness (QED) is 0.450. The molecule has 0 radical (unpaired) electrons. The minimum absolute atomic E-state index is 0.0301. The summed E-state index contributed by atoms with van der Waals surface area (Å²) in [6, 6.07) is 0. The number of hydrogen-bond donors (Lipinski definition) is 2. The van der Waals surface area contributed by atoms with Gasteiger partial charge in [-0.05, 0) is 13.0 Å². The van der Waals surface area contributed by atoms with Gasteiger partial charge in [-0.2, -0.15) is 0 Å². The second-order valence-electron chi connectivity index (χ2n) is 6.82. The fraction of sp³-hybridized carbons (Fsp3) is 0.733. The van der Waals surface area contributed by atoms with Crippen molar-refractivity contribution in [3.63, 3.8) is 0 Å². The molecule has 120 valence electrons. The predicted molar refractivity (Wildman–Crippen MR) is 70.4 cm³/mol. The normalized spacial score (nSPS) is 53.1. The van der Waals surface area contributed by atoms with Crippen LogP contribution in [0.15, 0.2) is 11.6 Å². The number of aliphatic hydroxyl groups is 2. The van der Waals surface area contributed by atoms with Crippen molar-refractivity contribution in [2.45, 2.75) is 56.4 Å². The number of aliphatic hydroxyl groups excluding tert-OH is 2. The number of hydrogen-bond acceptors (Lipinski definition) is 7. The van der Waals surface area contributed by atoms with E-state index in [1.807, 2.05) is 6.92 Å². The van der Waals surface area contributed by atoms with Gasteiger partial charge >= 0.3 is 11.9 Å². The van der Waals surface area contributed by atoms with E-state index in [1.165, 1.54) is 6.08 Å². The van der Waals surface area contributed by atoms with Gasteiger partial charge in [0.05, 0.1) is 17.1 Å². The van der Waals surface area contributed by atoms with Crippen LogP contribution in [-0.2, 0) is 23.8 Å². The Hall–Kier alpha value is -1.44. The van der Waals surface area contributed by atoms with Crippen molar-refractivity contribution < 1.29 is 34.0 Å². The van der Waals surface area contributed by atoms with Crippen LogP contribution in [0.25, 0.3) is 0 Å². The minimum Gasteiger partial charge on any atom is -0.462 e. The van der Waals surface area contributed by atoms with Crippen molar-refractivity contribution in [1.29, 1.82) is 0 Å². The lowest BCUT2D eigenvalue weighted by Gasteiger charge is -2.25. The van der Waals surface area contributed by atoms with E-state index in [1.54, 1.807) is 6.92 Å². The summed E-state index contributed by atoms with van der Waals surface area (Å²) in [4.78, 5) is 23.9. The van der Waals surface area contributed by atoms with Crippen LogP contribution in [0.4, 0.5) is 0 Å². The van der Waals surface area contributed by atoms with Crippen LogP contribution in [0, 0.1) is 11.8 Å². The average molecular weight is 310 g/mol. The van der Waals surface area contributed by atoms with Gasteiger partial charge in [-0.15, -0.1) is 0 Å². The molecular formula is C15H18O7. The summed E-state index contributed by atoms with van der Waals surface area (Å²) in [6.07, 6.45) is -2.31. The summed E-state index contributed by atoms with van der Waals surface area (Å²) in [5, 5.41) is 20.5. The Morgan fingerprint density at radius 3 is 2.73 bits per heavy atom. The number of epoxide rings is 1. The van der Waals surface area contributed by atoms with Gasteiger partial charge in [0, 0.05) is 12.3 Å². The van der Waals surface area contributed by atoms with Gasteiger partial charge in [-0.25, -0.2) is 4.79 Å². The second-order valence-corrected chi connectivity index (χ2v) is 6.82. The molecule has 2 bridgehead atoms. The molecule has 4 aliphatic rings. The Balaban J connectivity index is 1.76. The highest BCUT2D eigenvalue weighted by atomic mass is 16.6. The summed E-state index contributed by atoms with van der Waals surface area (Å²) in [7, 11) is 0. The van der Waals surface area contributed by atoms with Crippen molar-refractivity contribution in [2.24, 2.45) is 11.8 Å². The lowest BCUT2D eigenvalue weighted by Crippen LogP contribution is -2.39. The lowest BCUT2D eigenvalue weighted by molar-refractivity contribution is -0.144. The molecule has 0 amide bonds. The largest absolute Gasteiger partial charge is 0.462 e. The highest BCUT2D eigenvalue weighted by molar-refractivity contribution is 5.92. The van der Waals surface area contributed by atoms with E-state index in [4.69, 9.17) is 14.2 Å². The molecule has 3 aliphatic heterocycles. The maximum Gasteiger partial charge on any atom is 0.337 e. The van der Waals surface area contributed by atoms with E-state index >= 15 is 0 Å². The summed E-state index contributed by atoms with van der Waals surface area (Å²) in [6.45, 7) is 3.55. The molecule has 7 heteroatoms. The first-order chi connectivity index (χ1) is 10.3. The van der Waals surface area contributed by atoms with Gasteiger partial charge < -0.3 is 24.4 Å². The molecule has 0 saturated carbocycles. The molecule has 8 unspecified atom stereocenters. The number of carbonyl (C=O) groups excluding carboxylic acids is 2. The third-order valence-electron chi connectivity index (χ3n) is 5.35. The molecular weight excluding hydrogens is 292 g/mol. The minimum atomic E-state index is -1.35. The standard InChI is InChI=1S/C15H18O7/c1-5-9-7-3-6(14(19)20-7)10(16)11(17)12-15(2,22-12)4-8(9)21-13(5)18/h3,5,7-12,16-17H,4H2,1-2H3. The predicted octanol–water partition coefficient (Wildman–Crippen LogP) is -0.701. The third-order valence-corrected chi connectivity index (χ3v) is 5.35. The molecule has 2 N–H and O–H groups in total. The van der Waals surface area contributed by atoms with Crippen LogP contribution in [0.1, 0.15) is 20.3 Å². The van der Waals surface area contributed by atoms with Gasteiger partial charge in [-0.3, -0.25) is 4.79 Å². The number of esters is 2. The molecule has 7 nitrogen and oxygen atoms in total. The van der Waals surface area contributed by atoms with Crippen LogP contribution < -0.4 is 0 Å². The molecule has 4 rings (SSSR count). The zero-order valence-electron chi connectivity index (χ0n) is 12.3. The van der Waals surface area contributed by atoms with Gasteiger partial charge in [0.1, 0.15) is 30.5 Å². The Morgan fingerprint density at radius 2 is 2.00 bits per heavy atom. The fourth-order valence-electron chi connectivity index (χ4n) is 3.97. The molecule has 3 heterocycles. The zero-order valence-corrected chi connectivity index (χ0v) is 12.3. The fourth-order valence-corrected chi connectivity index (χ4v) is 3.97. The smallest absolute Gasteiger partial charge is 0.337 e. The molecule has 22 heavy (non-hydrogen) atoms. The Kier molecular flexibility index (Phi) is 2.77. The first-order valence-corrected chi connectivity index (χ1v) is 7.49. The third kappa shape index (κ3) is 1.79. The summed E-state index contributed by atoms with van der Waals surface area (Å²) in [5.41, 5.74) is -0.642. The molecule has 0 aromatic carbocycles. The first kappa shape index (κ1) is 14.2. The van der Waals surface area contributed by atoms with Crippen LogP contribution in [-0.4, -0.2) is 58.3 Å². The lowest BCUT2D eigenvalue weighted by atomic mass is 9.80.